The first-order valence-corrected chi connectivity index (χ1v) is 10.9. The van der Waals surface area contributed by atoms with Crippen molar-refractivity contribution in [2.75, 3.05) is 13.1 Å². The highest BCUT2D eigenvalue weighted by Crippen LogP contribution is 2.34. The Labute approximate surface area is 181 Å². The maximum Gasteiger partial charge on any atom is 0.433 e. The lowest BCUT2D eigenvalue weighted by Gasteiger charge is -2.32. The summed E-state index contributed by atoms with van der Waals surface area (Å²) >= 11 is 1.33. The molecule has 0 spiro atoms. The Kier molecular flexibility index (Phi) is 6.08. The first-order valence-electron chi connectivity index (χ1n) is 10.1. The number of nitrogens with zero attached hydrogens (tertiary/aromatic N) is 5. The summed E-state index contributed by atoms with van der Waals surface area (Å²) in [6, 6.07) is 4.51. The number of carbonyl (C=O) groups excluding carboxylic acids is 1. The number of thiophene rings is 1. The van der Waals surface area contributed by atoms with Crippen molar-refractivity contribution >= 4 is 17.2 Å². The zero-order valence-electron chi connectivity index (χ0n) is 17.0. The Balaban J connectivity index is 1.52. The van der Waals surface area contributed by atoms with E-state index in [-0.39, 0.29) is 29.8 Å². The standard InChI is InChI=1S/C21H22F3N5OS/c1-14-11-25-29(12-14)8-6-19(30)28-7-2-4-15(13-28)20-26-16(17-5-3-9-31-17)10-18(27-20)21(22,23)24/h3,5,9-12,15H,2,4,6-8,13H2,1H3. The van der Waals surface area contributed by atoms with Gasteiger partial charge in [-0.3, -0.25) is 9.48 Å². The van der Waals surface area contributed by atoms with Gasteiger partial charge in [0.1, 0.15) is 11.5 Å². The summed E-state index contributed by atoms with van der Waals surface area (Å²) in [5.74, 6) is -0.215. The van der Waals surface area contributed by atoms with Crippen LogP contribution in [0.2, 0.25) is 0 Å². The van der Waals surface area contributed by atoms with E-state index < -0.39 is 11.9 Å². The van der Waals surface area contributed by atoms with E-state index in [9.17, 15) is 18.0 Å². The van der Waals surface area contributed by atoms with Crippen molar-refractivity contribution in [2.24, 2.45) is 0 Å². The molecule has 31 heavy (non-hydrogen) atoms. The van der Waals surface area contributed by atoms with E-state index in [4.69, 9.17) is 0 Å². The Morgan fingerprint density at radius 2 is 2.16 bits per heavy atom. The molecule has 0 aromatic carbocycles. The molecule has 1 aliphatic heterocycles. The van der Waals surface area contributed by atoms with Crippen LogP contribution in [0, 0.1) is 6.92 Å². The number of rotatable bonds is 5. The van der Waals surface area contributed by atoms with Crippen molar-refractivity contribution in [1.29, 1.82) is 0 Å². The van der Waals surface area contributed by atoms with E-state index in [2.05, 4.69) is 15.1 Å². The number of piperidine rings is 1. The molecular formula is C21H22F3N5OS. The van der Waals surface area contributed by atoms with Crippen LogP contribution in [0.25, 0.3) is 10.6 Å². The molecule has 6 nitrogen and oxygen atoms in total. The summed E-state index contributed by atoms with van der Waals surface area (Å²) in [5, 5.41) is 5.98. The monoisotopic (exact) mass is 449 g/mol. The Bertz CT molecular complexity index is 1050. The molecule has 0 radical (unpaired) electrons. The van der Waals surface area contributed by atoms with E-state index >= 15 is 0 Å². The minimum atomic E-state index is -4.56. The SMILES string of the molecule is Cc1cnn(CCC(=O)N2CCCC(c3nc(-c4cccs4)cc(C(F)(F)F)n3)C2)c1. The lowest BCUT2D eigenvalue weighted by atomic mass is 9.96. The molecule has 0 aliphatic carbocycles. The van der Waals surface area contributed by atoms with Gasteiger partial charge in [-0.15, -0.1) is 11.3 Å². The van der Waals surface area contributed by atoms with E-state index in [1.807, 2.05) is 13.1 Å². The van der Waals surface area contributed by atoms with Gasteiger partial charge in [-0.05, 0) is 42.8 Å². The minimum Gasteiger partial charge on any atom is -0.342 e. The molecule has 164 valence electrons. The van der Waals surface area contributed by atoms with Gasteiger partial charge in [0.2, 0.25) is 5.91 Å². The largest absolute Gasteiger partial charge is 0.433 e. The number of carbonyl (C=O) groups is 1. The molecular weight excluding hydrogens is 427 g/mol. The molecule has 10 heteroatoms. The van der Waals surface area contributed by atoms with Gasteiger partial charge in [-0.25, -0.2) is 9.97 Å². The first-order chi connectivity index (χ1) is 14.8. The minimum absolute atomic E-state index is 0.0386. The zero-order chi connectivity index (χ0) is 22.0. The smallest absolute Gasteiger partial charge is 0.342 e. The van der Waals surface area contributed by atoms with Crippen LogP contribution in [0.15, 0.2) is 36.0 Å². The zero-order valence-corrected chi connectivity index (χ0v) is 17.8. The van der Waals surface area contributed by atoms with Gasteiger partial charge in [0.25, 0.3) is 0 Å². The van der Waals surface area contributed by atoms with Crippen LogP contribution in [0.1, 0.15) is 42.3 Å². The van der Waals surface area contributed by atoms with E-state index in [0.717, 1.165) is 11.6 Å². The highest BCUT2D eigenvalue weighted by molar-refractivity contribution is 7.13. The summed E-state index contributed by atoms with van der Waals surface area (Å²) in [7, 11) is 0. The Morgan fingerprint density at radius 1 is 1.32 bits per heavy atom. The van der Waals surface area contributed by atoms with Gasteiger partial charge in [-0.1, -0.05) is 6.07 Å². The fourth-order valence-electron chi connectivity index (χ4n) is 3.72. The van der Waals surface area contributed by atoms with Gasteiger partial charge < -0.3 is 4.90 Å². The number of hydrogen-bond donors (Lipinski definition) is 0. The summed E-state index contributed by atoms with van der Waals surface area (Å²) in [6.07, 6.45) is 0.679. The molecule has 1 saturated heterocycles. The van der Waals surface area contributed by atoms with Crippen LogP contribution in [-0.4, -0.2) is 43.6 Å². The van der Waals surface area contributed by atoms with Crippen molar-refractivity contribution in [3.63, 3.8) is 0 Å². The third kappa shape index (κ3) is 5.12. The van der Waals surface area contributed by atoms with Gasteiger partial charge in [0.15, 0.2) is 0 Å². The average molecular weight is 450 g/mol. The van der Waals surface area contributed by atoms with Crippen LogP contribution in [0.3, 0.4) is 0 Å². The maximum absolute atomic E-state index is 13.5. The van der Waals surface area contributed by atoms with Crippen molar-refractivity contribution in [1.82, 2.24) is 24.6 Å². The second-order valence-corrected chi connectivity index (χ2v) is 8.63. The topological polar surface area (TPSA) is 63.9 Å². The van der Waals surface area contributed by atoms with Crippen molar-refractivity contribution in [3.8, 4) is 10.6 Å². The van der Waals surface area contributed by atoms with Gasteiger partial charge in [-0.2, -0.15) is 18.3 Å². The number of hydrogen-bond acceptors (Lipinski definition) is 5. The number of aromatic nitrogens is 4. The number of amides is 1. The molecule has 3 aromatic rings. The Morgan fingerprint density at radius 3 is 2.84 bits per heavy atom. The predicted molar refractivity (Wildman–Crippen MR) is 110 cm³/mol. The molecule has 3 aromatic heterocycles. The fraction of sp³-hybridized carbons (Fsp3) is 0.429. The highest BCUT2D eigenvalue weighted by Gasteiger charge is 2.35. The van der Waals surface area contributed by atoms with Crippen LogP contribution in [0.4, 0.5) is 13.2 Å². The summed E-state index contributed by atoms with van der Waals surface area (Å²) in [4.78, 5) is 23.4. The van der Waals surface area contributed by atoms with Crippen LogP contribution in [-0.2, 0) is 17.5 Å². The normalized spacial score (nSPS) is 17.2. The molecule has 1 aliphatic rings. The maximum atomic E-state index is 13.5. The molecule has 1 fully saturated rings. The fourth-order valence-corrected chi connectivity index (χ4v) is 4.40. The third-order valence-corrected chi connectivity index (χ3v) is 6.16. The average Bonchev–Trinajstić information content (AvgIpc) is 3.43. The van der Waals surface area contributed by atoms with Crippen molar-refractivity contribution in [2.45, 2.75) is 44.8 Å². The lowest BCUT2D eigenvalue weighted by molar-refractivity contribution is -0.141. The Hall–Kier alpha value is -2.75. The molecule has 1 amide bonds. The van der Waals surface area contributed by atoms with Gasteiger partial charge >= 0.3 is 6.18 Å². The molecule has 0 bridgehead atoms. The van der Waals surface area contributed by atoms with Crippen LogP contribution in [0.5, 0.6) is 0 Å². The van der Waals surface area contributed by atoms with E-state index in [0.29, 0.717) is 37.4 Å². The number of alkyl halides is 3. The third-order valence-electron chi connectivity index (χ3n) is 5.26. The second-order valence-electron chi connectivity index (χ2n) is 7.68. The first kappa shape index (κ1) is 21.5. The lowest BCUT2D eigenvalue weighted by Crippen LogP contribution is -2.40. The number of likely N-dealkylation sites (tertiary alicyclic amines) is 1. The number of halogens is 3. The molecule has 0 saturated carbocycles. The van der Waals surface area contributed by atoms with Gasteiger partial charge in [0, 0.05) is 38.2 Å². The molecule has 1 unspecified atom stereocenters. The van der Waals surface area contributed by atoms with Crippen molar-refractivity contribution in [3.05, 3.63) is 53.1 Å². The molecule has 4 rings (SSSR count). The van der Waals surface area contributed by atoms with Crippen LogP contribution >= 0.6 is 11.3 Å². The van der Waals surface area contributed by atoms with E-state index in [1.165, 1.54) is 11.3 Å². The van der Waals surface area contributed by atoms with Gasteiger partial charge in [0.05, 0.1) is 16.8 Å². The summed E-state index contributed by atoms with van der Waals surface area (Å²) in [5.41, 5.74) is 0.344. The summed E-state index contributed by atoms with van der Waals surface area (Å²) < 4.78 is 42.1. The van der Waals surface area contributed by atoms with Crippen molar-refractivity contribution < 1.29 is 18.0 Å². The molecule has 4 heterocycles. The highest BCUT2D eigenvalue weighted by atomic mass is 32.1. The van der Waals surface area contributed by atoms with E-state index in [1.54, 1.807) is 33.3 Å². The predicted octanol–water partition coefficient (Wildman–Crippen LogP) is 4.53. The second kappa shape index (κ2) is 8.78. The summed E-state index contributed by atoms with van der Waals surface area (Å²) in [6.45, 7) is 3.31. The van der Waals surface area contributed by atoms with Crippen LogP contribution < -0.4 is 0 Å². The molecule has 0 N–H and O–H groups in total. The number of aryl methyl sites for hydroxylation is 2. The quantitative estimate of drug-likeness (QED) is 0.574. The molecule has 1 atom stereocenters.